The summed E-state index contributed by atoms with van der Waals surface area (Å²) in [5.74, 6) is 0.326. The van der Waals surface area contributed by atoms with Crippen molar-refractivity contribution in [1.29, 1.82) is 0 Å². The summed E-state index contributed by atoms with van der Waals surface area (Å²) in [5, 5.41) is 11.0. The van der Waals surface area contributed by atoms with Crippen LogP contribution in [0.25, 0.3) is 0 Å². The fraction of sp³-hybridized carbons (Fsp3) is 0.364. The van der Waals surface area contributed by atoms with Gasteiger partial charge < -0.3 is 10.4 Å². The van der Waals surface area contributed by atoms with E-state index in [0.717, 1.165) is 0 Å². The van der Waals surface area contributed by atoms with Crippen molar-refractivity contribution in [2.45, 2.75) is 20.8 Å². The second kappa shape index (κ2) is 11.5. The molecule has 0 fully saturated rings. The molecule has 1 aromatic carbocycles. The molecule has 0 spiro atoms. The molecule has 3 heteroatoms. The van der Waals surface area contributed by atoms with E-state index in [9.17, 15) is 4.79 Å². The van der Waals surface area contributed by atoms with Gasteiger partial charge in [-0.1, -0.05) is 32.0 Å². The van der Waals surface area contributed by atoms with Gasteiger partial charge in [-0.05, 0) is 12.1 Å². The average molecular weight is 197 g/mol. The Morgan fingerprint density at radius 1 is 1.21 bits per heavy atom. The number of benzene rings is 1. The fourth-order valence-electron chi connectivity index (χ4n) is 0.428. The Kier molecular flexibility index (Phi) is 12.3. The van der Waals surface area contributed by atoms with Crippen LogP contribution in [0.1, 0.15) is 20.8 Å². The molecule has 2 N–H and O–H groups in total. The summed E-state index contributed by atoms with van der Waals surface area (Å²) in [7, 11) is 1.60. The van der Waals surface area contributed by atoms with E-state index >= 15 is 0 Å². The maximum absolute atomic E-state index is 9.70. The lowest BCUT2D eigenvalue weighted by Gasteiger charge is -1.82. The highest BCUT2D eigenvalue weighted by Crippen LogP contribution is 2.02. The van der Waals surface area contributed by atoms with Crippen LogP contribution in [0, 0.1) is 0 Å². The number of rotatable bonds is 0. The van der Waals surface area contributed by atoms with Crippen LogP contribution < -0.4 is 5.32 Å². The lowest BCUT2D eigenvalue weighted by atomic mass is 10.3. The van der Waals surface area contributed by atoms with Crippen molar-refractivity contribution in [2.75, 3.05) is 7.05 Å². The molecule has 0 heterocycles. The molecule has 3 nitrogen and oxygen atoms in total. The first-order valence-corrected chi connectivity index (χ1v) is 4.59. The van der Waals surface area contributed by atoms with Gasteiger partial charge >= 0.3 is 0 Å². The third kappa shape index (κ3) is 13.1. The number of nitrogens with one attached hydrogen (secondary N) is 1. The number of amides is 1. The molecule has 0 aliphatic rings. The fourth-order valence-corrected chi connectivity index (χ4v) is 0.428. The average Bonchev–Trinajstić information content (AvgIpc) is 2.23. The number of para-hydroxylation sites is 1. The van der Waals surface area contributed by atoms with Gasteiger partial charge in [0.15, 0.2) is 0 Å². The topological polar surface area (TPSA) is 49.3 Å². The zero-order valence-electron chi connectivity index (χ0n) is 9.24. The van der Waals surface area contributed by atoms with Gasteiger partial charge in [0.25, 0.3) is 0 Å². The number of carbonyl (C=O) groups is 1. The van der Waals surface area contributed by atoms with E-state index in [1.807, 2.05) is 19.9 Å². The molecule has 0 aliphatic carbocycles. The van der Waals surface area contributed by atoms with Gasteiger partial charge in [0.05, 0.1) is 0 Å². The molecular formula is C11H19NO2. The number of carbonyl (C=O) groups excluding carboxylic acids is 1. The molecule has 0 saturated carbocycles. The smallest absolute Gasteiger partial charge is 0.216 e. The number of hydrogen-bond donors (Lipinski definition) is 2. The van der Waals surface area contributed by atoms with Crippen LogP contribution in [0.4, 0.5) is 0 Å². The molecule has 1 rings (SSSR count). The van der Waals surface area contributed by atoms with E-state index in [1.54, 1.807) is 31.3 Å². The summed E-state index contributed by atoms with van der Waals surface area (Å²) in [5.41, 5.74) is 0. The Morgan fingerprint density at radius 2 is 1.57 bits per heavy atom. The summed E-state index contributed by atoms with van der Waals surface area (Å²) in [6, 6.07) is 8.71. The second-order valence-corrected chi connectivity index (χ2v) is 2.14. The zero-order valence-corrected chi connectivity index (χ0v) is 9.24. The van der Waals surface area contributed by atoms with Crippen molar-refractivity contribution in [1.82, 2.24) is 5.32 Å². The highest BCUT2D eigenvalue weighted by atomic mass is 16.3. The van der Waals surface area contributed by atoms with Gasteiger partial charge in [-0.2, -0.15) is 0 Å². The van der Waals surface area contributed by atoms with Crippen LogP contribution in [0.5, 0.6) is 5.75 Å². The largest absolute Gasteiger partial charge is 0.508 e. The first-order valence-electron chi connectivity index (χ1n) is 4.59. The van der Waals surface area contributed by atoms with Gasteiger partial charge in [-0.25, -0.2) is 0 Å². The van der Waals surface area contributed by atoms with Crippen molar-refractivity contribution in [3.05, 3.63) is 30.3 Å². The summed E-state index contributed by atoms with van der Waals surface area (Å²) in [6.07, 6.45) is 0. The van der Waals surface area contributed by atoms with Crippen LogP contribution in [0.3, 0.4) is 0 Å². The van der Waals surface area contributed by atoms with Crippen LogP contribution >= 0.6 is 0 Å². The van der Waals surface area contributed by atoms with Crippen LogP contribution in [0.2, 0.25) is 0 Å². The third-order valence-electron chi connectivity index (χ3n) is 1.11. The molecule has 0 bridgehead atoms. The Hall–Kier alpha value is -1.51. The predicted octanol–water partition coefficient (Wildman–Crippen LogP) is 2.17. The van der Waals surface area contributed by atoms with E-state index in [1.165, 1.54) is 6.92 Å². The first-order chi connectivity index (χ1) is 6.66. The predicted molar refractivity (Wildman–Crippen MR) is 59.2 cm³/mol. The van der Waals surface area contributed by atoms with Gasteiger partial charge in [-0.15, -0.1) is 0 Å². The maximum Gasteiger partial charge on any atom is 0.216 e. The van der Waals surface area contributed by atoms with E-state index in [0.29, 0.717) is 5.75 Å². The normalized spacial score (nSPS) is 7.14. The molecule has 80 valence electrons. The highest BCUT2D eigenvalue weighted by molar-refractivity contribution is 5.72. The van der Waals surface area contributed by atoms with E-state index in [2.05, 4.69) is 5.32 Å². The minimum absolute atomic E-state index is 0.00463. The van der Waals surface area contributed by atoms with Crippen molar-refractivity contribution < 1.29 is 9.90 Å². The van der Waals surface area contributed by atoms with Crippen LogP contribution in [0.15, 0.2) is 30.3 Å². The van der Waals surface area contributed by atoms with Crippen LogP contribution in [-0.2, 0) is 4.79 Å². The lowest BCUT2D eigenvalue weighted by Crippen LogP contribution is -2.11. The van der Waals surface area contributed by atoms with E-state index < -0.39 is 0 Å². The van der Waals surface area contributed by atoms with Gasteiger partial charge in [0.1, 0.15) is 5.75 Å². The zero-order chi connectivity index (χ0) is 11.4. The Morgan fingerprint density at radius 3 is 1.71 bits per heavy atom. The SMILES string of the molecule is CC.CNC(C)=O.Oc1ccccc1. The lowest BCUT2D eigenvalue weighted by molar-refractivity contribution is -0.118. The molecule has 0 unspecified atom stereocenters. The number of phenols is 1. The Labute approximate surface area is 85.8 Å². The third-order valence-corrected chi connectivity index (χ3v) is 1.11. The molecule has 1 amide bonds. The number of aromatic hydroxyl groups is 1. The minimum atomic E-state index is 0.00463. The molecule has 0 radical (unpaired) electrons. The van der Waals surface area contributed by atoms with Crippen molar-refractivity contribution >= 4 is 5.91 Å². The molecule has 0 saturated heterocycles. The van der Waals surface area contributed by atoms with Gasteiger partial charge in [-0.3, -0.25) is 4.79 Å². The monoisotopic (exact) mass is 197 g/mol. The molecule has 0 atom stereocenters. The molecule has 0 aliphatic heterocycles. The van der Waals surface area contributed by atoms with Crippen molar-refractivity contribution in [2.24, 2.45) is 0 Å². The van der Waals surface area contributed by atoms with Gasteiger partial charge in [0.2, 0.25) is 5.91 Å². The number of hydrogen-bond acceptors (Lipinski definition) is 2. The highest BCUT2D eigenvalue weighted by Gasteiger charge is 1.74. The van der Waals surface area contributed by atoms with E-state index in [4.69, 9.17) is 5.11 Å². The molecule has 14 heavy (non-hydrogen) atoms. The molecule has 0 aromatic heterocycles. The minimum Gasteiger partial charge on any atom is -0.508 e. The quantitative estimate of drug-likeness (QED) is 0.669. The summed E-state index contributed by atoms with van der Waals surface area (Å²) in [4.78, 5) is 9.70. The van der Waals surface area contributed by atoms with E-state index in [-0.39, 0.29) is 5.91 Å². The standard InChI is InChI=1S/C6H6O.C3H7NO.C2H6/c7-6-4-2-1-3-5-6;1-3(5)4-2;1-2/h1-5,7H;1-2H3,(H,4,5);1-2H3. The Bertz CT molecular complexity index is 222. The Balaban J connectivity index is 0. The van der Waals surface area contributed by atoms with Crippen LogP contribution in [-0.4, -0.2) is 18.1 Å². The second-order valence-electron chi connectivity index (χ2n) is 2.14. The summed E-state index contributed by atoms with van der Waals surface area (Å²) >= 11 is 0. The van der Waals surface area contributed by atoms with Gasteiger partial charge in [0, 0.05) is 14.0 Å². The van der Waals surface area contributed by atoms with Crippen molar-refractivity contribution in [3.8, 4) is 5.75 Å². The molecule has 1 aromatic rings. The first kappa shape index (κ1) is 15.0. The maximum atomic E-state index is 9.70. The summed E-state index contributed by atoms with van der Waals surface area (Å²) in [6.45, 7) is 5.47. The van der Waals surface area contributed by atoms with Crippen molar-refractivity contribution in [3.63, 3.8) is 0 Å². The molecular weight excluding hydrogens is 178 g/mol. The number of phenolic OH excluding ortho intramolecular Hbond substituents is 1. The summed E-state index contributed by atoms with van der Waals surface area (Å²) < 4.78 is 0.